The lowest BCUT2D eigenvalue weighted by Crippen LogP contribution is -2.29. The predicted octanol–water partition coefficient (Wildman–Crippen LogP) is 2.10. The van der Waals surface area contributed by atoms with E-state index >= 15 is 0 Å². The quantitative estimate of drug-likeness (QED) is 0.900. The van der Waals surface area contributed by atoms with E-state index in [0.29, 0.717) is 25.7 Å². The third-order valence-electron chi connectivity index (χ3n) is 4.27. The monoisotopic (exact) mass is 314 g/mol. The number of benzene rings is 1. The maximum absolute atomic E-state index is 12.3. The van der Waals surface area contributed by atoms with Crippen molar-refractivity contribution < 1.29 is 14.7 Å². The van der Waals surface area contributed by atoms with E-state index in [4.69, 9.17) is 5.11 Å². The third kappa shape index (κ3) is 3.56. The molecule has 1 heterocycles. The van der Waals surface area contributed by atoms with Crippen LogP contribution in [-0.2, 0) is 9.59 Å². The molecule has 1 aromatic heterocycles. The van der Waals surface area contributed by atoms with Crippen LogP contribution >= 0.6 is 0 Å². The number of amides is 1. The Labute approximate surface area is 133 Å². The number of hydrogen-bond donors (Lipinski definition) is 2. The Morgan fingerprint density at radius 1 is 1.09 bits per heavy atom. The van der Waals surface area contributed by atoms with E-state index < -0.39 is 5.97 Å². The molecule has 1 amide bonds. The van der Waals surface area contributed by atoms with E-state index in [1.807, 2.05) is 24.3 Å². The summed E-state index contributed by atoms with van der Waals surface area (Å²) >= 11 is 0. The van der Waals surface area contributed by atoms with Gasteiger partial charge in [0.2, 0.25) is 5.91 Å². The van der Waals surface area contributed by atoms with Gasteiger partial charge in [0.1, 0.15) is 12.7 Å². The van der Waals surface area contributed by atoms with Gasteiger partial charge in [0.05, 0.1) is 11.6 Å². The number of hydrogen-bond acceptors (Lipinski definition) is 4. The number of nitrogens with zero attached hydrogens (tertiary/aromatic N) is 3. The van der Waals surface area contributed by atoms with Gasteiger partial charge in [-0.2, -0.15) is 5.10 Å². The SMILES string of the molecule is O=C(O)C1CCC(C(=O)Nc2ccc(-n3cncn3)cc2)CC1. The van der Waals surface area contributed by atoms with Crippen molar-refractivity contribution in [3.05, 3.63) is 36.9 Å². The maximum Gasteiger partial charge on any atom is 0.306 e. The van der Waals surface area contributed by atoms with Gasteiger partial charge in [-0.15, -0.1) is 0 Å². The van der Waals surface area contributed by atoms with Crippen molar-refractivity contribution in [3.63, 3.8) is 0 Å². The largest absolute Gasteiger partial charge is 0.481 e. The molecule has 7 heteroatoms. The number of aliphatic carboxylic acids is 1. The molecule has 0 bridgehead atoms. The van der Waals surface area contributed by atoms with Crippen molar-refractivity contribution in [2.75, 3.05) is 5.32 Å². The van der Waals surface area contributed by atoms with Crippen LogP contribution in [0.3, 0.4) is 0 Å². The van der Waals surface area contributed by atoms with Crippen LogP contribution in [0.5, 0.6) is 0 Å². The van der Waals surface area contributed by atoms with Crippen LogP contribution in [0.1, 0.15) is 25.7 Å². The van der Waals surface area contributed by atoms with E-state index in [9.17, 15) is 9.59 Å². The highest BCUT2D eigenvalue weighted by atomic mass is 16.4. The standard InChI is InChI=1S/C16H18N4O3/c21-15(11-1-3-12(4-2-11)16(22)23)19-13-5-7-14(8-6-13)20-10-17-9-18-20/h5-12H,1-4H2,(H,19,21)(H,22,23). The molecule has 0 spiro atoms. The molecule has 0 unspecified atom stereocenters. The first-order valence-corrected chi connectivity index (χ1v) is 7.62. The van der Waals surface area contributed by atoms with Crippen LogP contribution in [0.15, 0.2) is 36.9 Å². The number of carbonyl (C=O) groups is 2. The number of nitrogens with one attached hydrogen (secondary N) is 1. The van der Waals surface area contributed by atoms with E-state index in [0.717, 1.165) is 11.4 Å². The van der Waals surface area contributed by atoms with Crippen molar-refractivity contribution in [1.82, 2.24) is 14.8 Å². The van der Waals surface area contributed by atoms with Crippen LogP contribution < -0.4 is 5.32 Å². The van der Waals surface area contributed by atoms with E-state index in [1.54, 1.807) is 11.0 Å². The third-order valence-corrected chi connectivity index (χ3v) is 4.27. The number of rotatable bonds is 4. The molecule has 1 saturated carbocycles. The van der Waals surface area contributed by atoms with Crippen LogP contribution in [-0.4, -0.2) is 31.7 Å². The molecule has 2 aromatic rings. The summed E-state index contributed by atoms with van der Waals surface area (Å²) < 4.78 is 1.64. The van der Waals surface area contributed by atoms with Gasteiger partial charge < -0.3 is 10.4 Å². The summed E-state index contributed by atoms with van der Waals surface area (Å²) in [5, 5.41) is 15.9. The Bertz CT molecular complexity index is 674. The summed E-state index contributed by atoms with van der Waals surface area (Å²) in [6.45, 7) is 0. The van der Waals surface area contributed by atoms with E-state index in [2.05, 4.69) is 15.4 Å². The highest BCUT2D eigenvalue weighted by Crippen LogP contribution is 2.29. The smallest absolute Gasteiger partial charge is 0.306 e. The van der Waals surface area contributed by atoms with Crippen molar-refractivity contribution in [2.24, 2.45) is 11.8 Å². The Morgan fingerprint density at radius 3 is 2.30 bits per heavy atom. The predicted molar refractivity (Wildman–Crippen MR) is 83.1 cm³/mol. The normalized spacial score (nSPS) is 20.9. The van der Waals surface area contributed by atoms with Gasteiger partial charge in [0, 0.05) is 11.6 Å². The molecule has 1 aromatic carbocycles. The number of carboxylic acids is 1. The minimum absolute atomic E-state index is 0.0395. The first kappa shape index (κ1) is 15.2. The number of anilines is 1. The van der Waals surface area contributed by atoms with Crippen molar-refractivity contribution in [3.8, 4) is 5.69 Å². The maximum atomic E-state index is 12.3. The molecule has 7 nitrogen and oxygen atoms in total. The first-order valence-electron chi connectivity index (χ1n) is 7.62. The fourth-order valence-electron chi connectivity index (χ4n) is 2.89. The zero-order chi connectivity index (χ0) is 16.2. The van der Waals surface area contributed by atoms with Crippen molar-refractivity contribution in [2.45, 2.75) is 25.7 Å². The zero-order valence-electron chi connectivity index (χ0n) is 12.6. The minimum atomic E-state index is -0.757. The topological polar surface area (TPSA) is 97.1 Å². The van der Waals surface area contributed by atoms with Gasteiger partial charge in [-0.3, -0.25) is 9.59 Å². The lowest BCUT2D eigenvalue weighted by molar-refractivity contribution is -0.143. The molecule has 0 atom stereocenters. The van der Waals surface area contributed by atoms with Crippen LogP contribution in [0.4, 0.5) is 5.69 Å². The first-order chi connectivity index (χ1) is 11.1. The summed E-state index contributed by atoms with van der Waals surface area (Å²) in [6, 6.07) is 7.34. The molecular weight excluding hydrogens is 296 g/mol. The summed E-state index contributed by atoms with van der Waals surface area (Å²) in [4.78, 5) is 27.1. The van der Waals surface area contributed by atoms with Gasteiger partial charge in [-0.25, -0.2) is 9.67 Å². The molecule has 3 rings (SSSR count). The second-order valence-corrected chi connectivity index (χ2v) is 5.76. The molecule has 2 N–H and O–H groups in total. The lowest BCUT2D eigenvalue weighted by Gasteiger charge is -2.25. The lowest BCUT2D eigenvalue weighted by atomic mass is 9.81. The number of carboxylic acid groups (broad SMARTS) is 1. The Morgan fingerprint density at radius 2 is 1.74 bits per heavy atom. The van der Waals surface area contributed by atoms with E-state index in [-0.39, 0.29) is 17.7 Å². The van der Waals surface area contributed by atoms with Gasteiger partial charge in [0.25, 0.3) is 0 Å². The van der Waals surface area contributed by atoms with Crippen molar-refractivity contribution >= 4 is 17.6 Å². The zero-order valence-corrected chi connectivity index (χ0v) is 12.6. The molecule has 1 aliphatic carbocycles. The molecule has 0 radical (unpaired) electrons. The summed E-state index contributed by atoms with van der Waals surface area (Å²) in [5.74, 6) is -1.21. The number of carbonyl (C=O) groups excluding carboxylic acids is 1. The minimum Gasteiger partial charge on any atom is -0.481 e. The molecule has 0 aliphatic heterocycles. The molecule has 0 saturated heterocycles. The summed E-state index contributed by atoms with van der Waals surface area (Å²) in [6.07, 6.45) is 5.45. The second kappa shape index (κ2) is 6.60. The van der Waals surface area contributed by atoms with E-state index in [1.165, 1.54) is 6.33 Å². The highest BCUT2D eigenvalue weighted by molar-refractivity contribution is 5.92. The molecule has 1 fully saturated rings. The summed E-state index contributed by atoms with van der Waals surface area (Å²) in [5.41, 5.74) is 1.58. The van der Waals surface area contributed by atoms with Crippen LogP contribution in [0.25, 0.3) is 5.69 Å². The van der Waals surface area contributed by atoms with Crippen LogP contribution in [0.2, 0.25) is 0 Å². The molecule has 23 heavy (non-hydrogen) atoms. The second-order valence-electron chi connectivity index (χ2n) is 5.76. The number of aromatic nitrogens is 3. The molecule has 120 valence electrons. The Hall–Kier alpha value is -2.70. The van der Waals surface area contributed by atoms with Gasteiger partial charge in [-0.1, -0.05) is 0 Å². The Balaban J connectivity index is 1.57. The van der Waals surface area contributed by atoms with Gasteiger partial charge >= 0.3 is 5.97 Å². The van der Waals surface area contributed by atoms with Gasteiger partial charge in [0.15, 0.2) is 0 Å². The van der Waals surface area contributed by atoms with Crippen LogP contribution in [0, 0.1) is 11.8 Å². The summed E-state index contributed by atoms with van der Waals surface area (Å²) in [7, 11) is 0. The Kier molecular flexibility index (Phi) is 4.36. The fourth-order valence-corrected chi connectivity index (χ4v) is 2.89. The highest BCUT2D eigenvalue weighted by Gasteiger charge is 2.29. The van der Waals surface area contributed by atoms with Crippen molar-refractivity contribution in [1.29, 1.82) is 0 Å². The fraction of sp³-hybridized carbons (Fsp3) is 0.375. The molecule has 1 aliphatic rings. The molecular formula is C16H18N4O3. The van der Waals surface area contributed by atoms with Gasteiger partial charge in [-0.05, 0) is 49.9 Å². The average Bonchev–Trinajstić information content (AvgIpc) is 3.10. The average molecular weight is 314 g/mol.